The smallest absolute Gasteiger partial charge is 0.321 e. The number of urea groups is 1. The highest BCUT2D eigenvalue weighted by atomic mass is 16.5. The molecule has 1 saturated heterocycles. The van der Waals surface area contributed by atoms with E-state index in [2.05, 4.69) is 10.6 Å². The molecule has 1 aliphatic rings. The second-order valence-corrected chi connectivity index (χ2v) is 2.82. The van der Waals surface area contributed by atoms with E-state index in [1.54, 1.807) is 7.11 Å². The van der Waals surface area contributed by atoms with E-state index in [1.807, 2.05) is 6.92 Å². The van der Waals surface area contributed by atoms with Crippen LogP contribution in [0.3, 0.4) is 0 Å². The number of hydrogen-bond donors (Lipinski definition) is 3. The first-order valence-corrected chi connectivity index (χ1v) is 3.82. The summed E-state index contributed by atoms with van der Waals surface area (Å²) < 4.78 is 4.94. The Bertz CT molecular complexity index is 217. The maximum atomic E-state index is 10.9. The van der Waals surface area contributed by atoms with Gasteiger partial charge in [-0.3, -0.25) is 10.7 Å². The van der Waals surface area contributed by atoms with Crippen LogP contribution in [0.5, 0.6) is 0 Å². The van der Waals surface area contributed by atoms with Crippen LogP contribution in [0.25, 0.3) is 0 Å². The molecular weight excluding hydrogens is 158 g/mol. The lowest BCUT2D eigenvalue weighted by Gasteiger charge is -2.24. The van der Waals surface area contributed by atoms with Gasteiger partial charge in [0.25, 0.3) is 0 Å². The second kappa shape index (κ2) is 3.10. The maximum Gasteiger partial charge on any atom is 0.321 e. The molecule has 2 amide bonds. The Balaban J connectivity index is 2.78. The number of hydrogen-bond acceptors (Lipinski definition) is 3. The van der Waals surface area contributed by atoms with Gasteiger partial charge in [0.05, 0.1) is 6.61 Å². The van der Waals surface area contributed by atoms with Gasteiger partial charge in [-0.25, -0.2) is 4.79 Å². The average Bonchev–Trinajstić information content (AvgIpc) is 2.28. The van der Waals surface area contributed by atoms with Gasteiger partial charge in [-0.1, -0.05) is 6.92 Å². The van der Waals surface area contributed by atoms with Crippen molar-refractivity contribution in [1.82, 2.24) is 10.6 Å². The van der Waals surface area contributed by atoms with Crippen molar-refractivity contribution in [2.24, 2.45) is 0 Å². The van der Waals surface area contributed by atoms with Gasteiger partial charge in [-0.2, -0.15) is 0 Å². The van der Waals surface area contributed by atoms with Crippen LogP contribution in [0.4, 0.5) is 4.79 Å². The first-order valence-electron chi connectivity index (χ1n) is 3.82. The summed E-state index contributed by atoms with van der Waals surface area (Å²) in [4.78, 5) is 10.9. The summed E-state index contributed by atoms with van der Waals surface area (Å²) >= 11 is 0. The van der Waals surface area contributed by atoms with Crippen molar-refractivity contribution >= 4 is 11.9 Å². The fourth-order valence-electron chi connectivity index (χ4n) is 1.27. The summed E-state index contributed by atoms with van der Waals surface area (Å²) in [6.07, 6.45) is 0.651. The molecule has 1 atom stereocenters. The highest BCUT2D eigenvalue weighted by molar-refractivity contribution is 6.08. The zero-order chi connectivity index (χ0) is 9.19. The predicted molar refractivity (Wildman–Crippen MR) is 44.3 cm³/mol. The largest absolute Gasteiger partial charge is 0.382 e. The van der Waals surface area contributed by atoms with E-state index in [0.29, 0.717) is 13.0 Å². The van der Waals surface area contributed by atoms with Gasteiger partial charge in [0.2, 0.25) is 0 Å². The molecule has 12 heavy (non-hydrogen) atoms. The van der Waals surface area contributed by atoms with E-state index in [9.17, 15) is 4.79 Å². The van der Waals surface area contributed by atoms with E-state index >= 15 is 0 Å². The van der Waals surface area contributed by atoms with Crippen LogP contribution < -0.4 is 10.6 Å². The van der Waals surface area contributed by atoms with Crippen molar-refractivity contribution < 1.29 is 9.53 Å². The van der Waals surface area contributed by atoms with Gasteiger partial charge in [-0.05, 0) is 6.42 Å². The lowest BCUT2D eigenvalue weighted by Crippen LogP contribution is -2.49. The van der Waals surface area contributed by atoms with Crippen LogP contribution in [-0.2, 0) is 4.74 Å². The molecule has 0 radical (unpaired) electrons. The van der Waals surface area contributed by atoms with Crippen LogP contribution in [0.15, 0.2) is 0 Å². The molecule has 0 bridgehead atoms. The Hall–Kier alpha value is -1.10. The average molecular weight is 171 g/mol. The highest BCUT2D eigenvalue weighted by Gasteiger charge is 2.41. The number of amidine groups is 1. The van der Waals surface area contributed by atoms with Gasteiger partial charge < -0.3 is 10.1 Å². The monoisotopic (exact) mass is 171 g/mol. The Kier molecular flexibility index (Phi) is 2.32. The van der Waals surface area contributed by atoms with Crippen LogP contribution in [0, 0.1) is 5.41 Å². The zero-order valence-corrected chi connectivity index (χ0v) is 7.23. The molecule has 1 unspecified atom stereocenters. The molecule has 1 fully saturated rings. The third-order valence-electron chi connectivity index (χ3n) is 2.06. The molecule has 1 aliphatic heterocycles. The quantitative estimate of drug-likeness (QED) is 0.562. The Labute approximate surface area is 71.0 Å². The molecule has 0 spiro atoms. The third-order valence-corrected chi connectivity index (χ3v) is 2.06. The lowest BCUT2D eigenvalue weighted by molar-refractivity contribution is 0.148. The molecule has 68 valence electrons. The third kappa shape index (κ3) is 1.27. The Morgan fingerprint density at radius 1 is 1.67 bits per heavy atom. The van der Waals surface area contributed by atoms with Crippen LogP contribution in [0.2, 0.25) is 0 Å². The van der Waals surface area contributed by atoms with Gasteiger partial charge in [0.1, 0.15) is 11.4 Å². The molecule has 0 aliphatic carbocycles. The highest BCUT2D eigenvalue weighted by Crippen LogP contribution is 2.15. The first-order chi connectivity index (χ1) is 5.64. The number of nitrogens with one attached hydrogen (secondary N) is 3. The molecule has 1 heterocycles. The van der Waals surface area contributed by atoms with Crippen LogP contribution >= 0.6 is 0 Å². The van der Waals surface area contributed by atoms with Crippen LogP contribution in [0.1, 0.15) is 13.3 Å². The zero-order valence-electron chi connectivity index (χ0n) is 7.23. The van der Waals surface area contributed by atoms with Crippen molar-refractivity contribution in [3.05, 3.63) is 0 Å². The number of carbonyl (C=O) groups excluding carboxylic acids is 1. The van der Waals surface area contributed by atoms with Gasteiger partial charge in [0.15, 0.2) is 0 Å². The molecule has 0 aromatic carbocycles. The van der Waals surface area contributed by atoms with Gasteiger partial charge >= 0.3 is 6.03 Å². The van der Waals surface area contributed by atoms with Crippen molar-refractivity contribution in [2.75, 3.05) is 13.7 Å². The summed E-state index contributed by atoms with van der Waals surface area (Å²) in [6, 6.07) is -0.320. The molecule has 5 nitrogen and oxygen atoms in total. The predicted octanol–water partition coefficient (Wildman–Crippen LogP) is 0.0717. The van der Waals surface area contributed by atoms with Crippen molar-refractivity contribution in [3.63, 3.8) is 0 Å². The molecule has 1 rings (SSSR count). The Morgan fingerprint density at radius 3 is 2.67 bits per heavy atom. The fraction of sp³-hybridized carbons (Fsp3) is 0.714. The van der Waals surface area contributed by atoms with E-state index in [4.69, 9.17) is 10.1 Å². The molecule has 0 aromatic heterocycles. The topological polar surface area (TPSA) is 74.2 Å². The maximum absolute atomic E-state index is 10.9. The summed E-state index contributed by atoms with van der Waals surface area (Å²) in [5, 5.41) is 12.6. The van der Waals surface area contributed by atoms with Crippen molar-refractivity contribution in [1.29, 1.82) is 5.41 Å². The minimum atomic E-state index is -0.633. The van der Waals surface area contributed by atoms with E-state index in [1.165, 1.54) is 0 Å². The summed E-state index contributed by atoms with van der Waals surface area (Å²) in [6.45, 7) is 2.24. The molecule has 0 aromatic rings. The van der Waals surface area contributed by atoms with Crippen molar-refractivity contribution in [3.8, 4) is 0 Å². The molecule has 0 saturated carbocycles. The van der Waals surface area contributed by atoms with Gasteiger partial charge in [-0.15, -0.1) is 0 Å². The number of carbonyl (C=O) groups is 1. The summed E-state index contributed by atoms with van der Waals surface area (Å²) in [5.74, 6) is 0.192. The SMILES string of the molecule is CCC1(COC)NC(=O)NC1=N. The molecule has 3 N–H and O–H groups in total. The summed E-state index contributed by atoms with van der Waals surface area (Å²) in [5.41, 5.74) is -0.633. The van der Waals surface area contributed by atoms with E-state index in [0.717, 1.165) is 0 Å². The van der Waals surface area contributed by atoms with Crippen molar-refractivity contribution in [2.45, 2.75) is 18.9 Å². The molecule has 5 heteroatoms. The standard InChI is InChI=1S/C7H13N3O2/c1-3-7(4-12-2)5(8)9-6(11)10-7/h3-4H2,1-2H3,(H3,8,9,10,11). The van der Waals surface area contributed by atoms with Crippen LogP contribution in [-0.4, -0.2) is 31.1 Å². The molecular formula is C7H13N3O2. The Morgan fingerprint density at radius 2 is 2.33 bits per heavy atom. The first kappa shape index (κ1) is 8.99. The normalized spacial score (nSPS) is 28.5. The summed E-state index contributed by atoms with van der Waals surface area (Å²) in [7, 11) is 1.55. The van der Waals surface area contributed by atoms with E-state index in [-0.39, 0.29) is 11.9 Å². The van der Waals surface area contributed by atoms with E-state index < -0.39 is 5.54 Å². The number of amides is 2. The minimum absolute atomic E-state index is 0.192. The number of rotatable bonds is 3. The van der Waals surface area contributed by atoms with Gasteiger partial charge in [0, 0.05) is 7.11 Å². The minimum Gasteiger partial charge on any atom is -0.382 e. The second-order valence-electron chi connectivity index (χ2n) is 2.82. The number of methoxy groups -OCH3 is 1. The fourth-order valence-corrected chi connectivity index (χ4v) is 1.27. The number of ether oxygens (including phenoxy) is 1. The lowest BCUT2D eigenvalue weighted by atomic mass is 9.97.